The molecule has 0 saturated carbocycles. The summed E-state index contributed by atoms with van der Waals surface area (Å²) in [6.45, 7) is 8.04. The van der Waals surface area contributed by atoms with Gasteiger partial charge in [-0.2, -0.15) is 0 Å². The van der Waals surface area contributed by atoms with E-state index in [0.29, 0.717) is 11.1 Å². The molecule has 1 aromatic heterocycles. The third kappa shape index (κ3) is 5.07. The summed E-state index contributed by atoms with van der Waals surface area (Å²) in [5.74, 6) is -1.68. The molecule has 0 aliphatic carbocycles. The molecule has 2 saturated heterocycles. The fourth-order valence-electron chi connectivity index (χ4n) is 5.52. The average molecular weight is 493 g/mol. The quantitative estimate of drug-likeness (QED) is 0.545. The number of benzene rings is 2. The second kappa shape index (κ2) is 10.9. The number of nitrogens with zero attached hydrogens (tertiary/aromatic N) is 4. The number of aromatic carboxylic acids is 1. The Balaban J connectivity index is 1.43. The molecule has 0 radical (unpaired) electrons. The number of rotatable bonds is 7. The Kier molecular flexibility index (Phi) is 7.46. The maximum absolute atomic E-state index is 14.9. The molecule has 8 heteroatoms. The molecule has 0 atom stereocenters. The smallest absolute Gasteiger partial charge is 0.338 e. The molecule has 0 bridgehead atoms. The van der Waals surface area contributed by atoms with Crippen LogP contribution in [0.3, 0.4) is 0 Å². The van der Waals surface area contributed by atoms with Gasteiger partial charge in [0.05, 0.1) is 16.9 Å². The maximum Gasteiger partial charge on any atom is 0.338 e. The largest absolute Gasteiger partial charge is 0.478 e. The van der Waals surface area contributed by atoms with Crippen molar-refractivity contribution in [3.8, 4) is 5.69 Å². The number of para-hydroxylation sites is 1. The molecular weight excluding hydrogens is 459 g/mol. The highest BCUT2D eigenvalue weighted by atomic mass is 19.1. The number of pyridine rings is 1. The highest BCUT2D eigenvalue weighted by Crippen LogP contribution is 2.25. The summed E-state index contributed by atoms with van der Waals surface area (Å²) in [5, 5.41) is 10.9. The minimum absolute atomic E-state index is 0.0565. The van der Waals surface area contributed by atoms with Gasteiger partial charge in [0, 0.05) is 56.6 Å². The highest BCUT2D eigenvalue weighted by molar-refractivity contribution is 6.04. The summed E-state index contributed by atoms with van der Waals surface area (Å²) in [7, 11) is 0. The number of piperazine rings is 1. The number of piperidine rings is 1. The van der Waals surface area contributed by atoms with Crippen molar-refractivity contribution in [1.82, 2.24) is 19.3 Å². The van der Waals surface area contributed by atoms with Crippen molar-refractivity contribution in [2.75, 3.05) is 52.4 Å². The van der Waals surface area contributed by atoms with Gasteiger partial charge in [-0.3, -0.25) is 19.2 Å². The van der Waals surface area contributed by atoms with E-state index in [1.54, 1.807) is 36.4 Å². The summed E-state index contributed by atoms with van der Waals surface area (Å²) >= 11 is 0. The number of likely N-dealkylation sites (tertiary alicyclic amines) is 1. The summed E-state index contributed by atoms with van der Waals surface area (Å²) < 4.78 is 16.2. The lowest BCUT2D eigenvalue weighted by Gasteiger charge is -2.37. The number of halogens is 1. The van der Waals surface area contributed by atoms with Gasteiger partial charge >= 0.3 is 5.97 Å². The number of hydrogen-bond donors (Lipinski definition) is 1. The first-order valence-electron chi connectivity index (χ1n) is 12.8. The zero-order valence-corrected chi connectivity index (χ0v) is 20.5. The lowest BCUT2D eigenvalue weighted by molar-refractivity contribution is 0.0693. The van der Waals surface area contributed by atoms with Crippen LogP contribution in [0.2, 0.25) is 0 Å². The van der Waals surface area contributed by atoms with E-state index in [4.69, 9.17) is 0 Å². The second-order valence-electron chi connectivity index (χ2n) is 9.78. The van der Waals surface area contributed by atoms with Crippen molar-refractivity contribution in [2.45, 2.75) is 25.8 Å². The van der Waals surface area contributed by atoms with Crippen LogP contribution in [-0.2, 0) is 6.54 Å². The monoisotopic (exact) mass is 492 g/mol. The summed E-state index contributed by atoms with van der Waals surface area (Å²) in [6, 6.07) is 12.7. The van der Waals surface area contributed by atoms with Crippen LogP contribution in [0.1, 0.15) is 35.3 Å². The van der Waals surface area contributed by atoms with Gasteiger partial charge in [0.15, 0.2) is 0 Å². The number of carbonyl (C=O) groups is 1. The van der Waals surface area contributed by atoms with Crippen LogP contribution >= 0.6 is 0 Å². The molecule has 3 heterocycles. The first kappa shape index (κ1) is 24.6. The molecule has 2 aliphatic rings. The van der Waals surface area contributed by atoms with E-state index in [-0.39, 0.29) is 23.2 Å². The molecule has 0 spiro atoms. The molecule has 1 N–H and O–H groups in total. The molecule has 0 amide bonds. The Bertz CT molecular complexity index is 1290. The van der Waals surface area contributed by atoms with Crippen LogP contribution in [0.4, 0.5) is 4.39 Å². The number of aromatic nitrogens is 1. The minimum Gasteiger partial charge on any atom is -0.478 e. The van der Waals surface area contributed by atoms with Crippen LogP contribution in [0.5, 0.6) is 0 Å². The molecular formula is C28H33FN4O3. The lowest BCUT2D eigenvalue weighted by Crippen LogP contribution is -2.49. The Labute approximate surface area is 210 Å². The van der Waals surface area contributed by atoms with E-state index in [0.717, 1.165) is 39.3 Å². The normalized spacial score (nSPS) is 18.0. The molecule has 190 valence electrons. The van der Waals surface area contributed by atoms with Gasteiger partial charge in [-0.05, 0) is 44.1 Å². The van der Waals surface area contributed by atoms with Crippen molar-refractivity contribution in [3.05, 3.63) is 76.0 Å². The molecule has 2 aliphatic heterocycles. The predicted octanol–water partition coefficient (Wildman–Crippen LogP) is 3.43. The number of carboxylic acids is 1. The Morgan fingerprint density at radius 3 is 2.03 bits per heavy atom. The van der Waals surface area contributed by atoms with Crippen LogP contribution in [0, 0.1) is 5.82 Å². The van der Waals surface area contributed by atoms with Crippen molar-refractivity contribution < 1.29 is 14.3 Å². The fourth-order valence-corrected chi connectivity index (χ4v) is 5.52. The molecule has 2 aromatic carbocycles. The number of carboxylic acid groups (broad SMARTS) is 1. The third-order valence-electron chi connectivity index (χ3n) is 7.52. The molecule has 2 fully saturated rings. The number of fused-ring (bicyclic) bond motifs is 1. The first-order chi connectivity index (χ1) is 17.5. The SMILES string of the molecule is O=C(O)c1c(CN2CCN(CCN3CCCCC3)CC2)n(-c2ccccc2F)c(=O)c2ccccc12. The van der Waals surface area contributed by atoms with E-state index in [9.17, 15) is 19.1 Å². The highest BCUT2D eigenvalue weighted by Gasteiger charge is 2.26. The van der Waals surface area contributed by atoms with E-state index in [1.807, 2.05) is 0 Å². The van der Waals surface area contributed by atoms with Crippen molar-refractivity contribution in [1.29, 1.82) is 0 Å². The van der Waals surface area contributed by atoms with Crippen LogP contribution in [-0.4, -0.2) is 82.7 Å². The molecule has 5 rings (SSSR count). The Morgan fingerprint density at radius 2 is 1.36 bits per heavy atom. The average Bonchev–Trinajstić information content (AvgIpc) is 2.90. The Morgan fingerprint density at radius 1 is 0.778 bits per heavy atom. The summed E-state index contributed by atoms with van der Waals surface area (Å²) in [6.07, 6.45) is 3.91. The maximum atomic E-state index is 14.9. The van der Waals surface area contributed by atoms with E-state index in [1.165, 1.54) is 49.1 Å². The topological polar surface area (TPSA) is 69.0 Å². The molecule has 7 nitrogen and oxygen atoms in total. The van der Waals surface area contributed by atoms with Crippen molar-refractivity contribution in [2.24, 2.45) is 0 Å². The number of hydrogen-bond acceptors (Lipinski definition) is 5. The van der Waals surface area contributed by atoms with E-state index in [2.05, 4.69) is 14.7 Å². The van der Waals surface area contributed by atoms with Gasteiger partial charge in [0.2, 0.25) is 0 Å². The van der Waals surface area contributed by atoms with Gasteiger partial charge in [0.1, 0.15) is 5.82 Å². The standard InChI is InChI=1S/C28H33FN4O3/c29-23-10-4-5-11-24(23)33-25(26(28(35)36)21-8-2-3-9-22(21)27(33)34)20-32-18-16-31(17-19-32)15-14-30-12-6-1-7-13-30/h2-5,8-11H,1,6-7,12-20H2,(H,35,36). The van der Waals surface area contributed by atoms with Crippen LogP contribution in [0.15, 0.2) is 53.3 Å². The summed E-state index contributed by atoms with van der Waals surface area (Å²) in [5.41, 5.74) is 0.0424. The van der Waals surface area contributed by atoms with Gasteiger partial charge in [-0.15, -0.1) is 0 Å². The molecule has 0 unspecified atom stereocenters. The van der Waals surface area contributed by atoms with Gasteiger partial charge < -0.3 is 10.0 Å². The van der Waals surface area contributed by atoms with E-state index >= 15 is 0 Å². The van der Waals surface area contributed by atoms with Crippen molar-refractivity contribution >= 4 is 16.7 Å². The van der Waals surface area contributed by atoms with Gasteiger partial charge in [-0.1, -0.05) is 36.8 Å². The summed E-state index contributed by atoms with van der Waals surface area (Å²) in [4.78, 5) is 33.2. The second-order valence-corrected chi connectivity index (χ2v) is 9.78. The molecule has 36 heavy (non-hydrogen) atoms. The first-order valence-corrected chi connectivity index (χ1v) is 12.8. The molecule has 3 aromatic rings. The lowest BCUT2D eigenvalue weighted by atomic mass is 10.0. The predicted molar refractivity (Wildman–Crippen MR) is 138 cm³/mol. The van der Waals surface area contributed by atoms with Crippen molar-refractivity contribution in [3.63, 3.8) is 0 Å². The van der Waals surface area contributed by atoms with Crippen LogP contribution < -0.4 is 5.56 Å². The third-order valence-corrected chi connectivity index (χ3v) is 7.52. The zero-order chi connectivity index (χ0) is 25.1. The zero-order valence-electron chi connectivity index (χ0n) is 20.5. The minimum atomic E-state index is -1.12. The Hall–Kier alpha value is -3.07. The van der Waals surface area contributed by atoms with Gasteiger partial charge in [0.25, 0.3) is 5.56 Å². The van der Waals surface area contributed by atoms with Crippen LogP contribution in [0.25, 0.3) is 16.5 Å². The van der Waals surface area contributed by atoms with Gasteiger partial charge in [-0.25, -0.2) is 9.18 Å². The van der Waals surface area contributed by atoms with E-state index < -0.39 is 17.3 Å². The fraction of sp³-hybridized carbons (Fsp3) is 0.429.